The lowest BCUT2D eigenvalue weighted by molar-refractivity contribution is 1.40. The molecule has 0 heterocycles. The van der Waals surface area contributed by atoms with Gasteiger partial charge in [-0.25, -0.2) is 0 Å². The maximum Gasteiger partial charge on any atom is 0.0693 e. The Kier molecular flexibility index (Phi) is 2.59. The summed E-state index contributed by atoms with van der Waals surface area (Å²) < 4.78 is 3.05. The summed E-state index contributed by atoms with van der Waals surface area (Å²) in [7, 11) is 0. The molecular formula is C8H11IN2. The molecule has 0 spiro atoms. The molecule has 0 bridgehead atoms. The Bertz CT molecular complexity index is 271. The third-order valence-corrected chi connectivity index (χ3v) is 2.31. The van der Waals surface area contributed by atoms with Crippen LogP contribution in [-0.4, -0.2) is 0 Å². The van der Waals surface area contributed by atoms with E-state index in [2.05, 4.69) is 32.5 Å². The molecule has 0 aliphatic rings. The highest BCUT2D eigenvalue weighted by Crippen LogP contribution is 2.27. The minimum absolute atomic E-state index is 0.847. The van der Waals surface area contributed by atoms with Gasteiger partial charge in [0.05, 0.1) is 34.2 Å². The molecule has 0 aliphatic carbocycles. The lowest BCUT2D eigenvalue weighted by Gasteiger charge is -2.09. The Hall–Kier alpha value is -0.450. The normalized spacial score (nSPS) is 9.73. The second kappa shape index (κ2) is 3.30. The predicted octanol–water partition coefficient (Wildman–Crippen LogP) is 2.65. The van der Waals surface area contributed by atoms with Crippen LogP contribution in [-0.2, 0) is 0 Å². The van der Waals surface area contributed by atoms with Crippen LogP contribution in [0.3, 0.4) is 0 Å². The molecule has 1 aromatic rings. The summed E-state index contributed by atoms with van der Waals surface area (Å²) in [5.41, 5.74) is 10.0. The largest absolute Gasteiger partial charge is 0.397 e. The Morgan fingerprint density at radius 1 is 1.27 bits per heavy atom. The van der Waals surface area contributed by atoms with Gasteiger partial charge in [-0.2, -0.15) is 0 Å². The quantitative estimate of drug-likeness (QED) is 0.464. The van der Waals surface area contributed by atoms with E-state index in [1.54, 1.807) is 0 Å². The Morgan fingerprint density at radius 3 is 2.27 bits per heavy atom. The lowest BCUT2D eigenvalue weighted by Crippen LogP contribution is -1.96. The van der Waals surface area contributed by atoms with Gasteiger partial charge in [0, 0.05) is 0 Å². The van der Waals surface area contributed by atoms with Gasteiger partial charge in [0.15, 0.2) is 0 Å². The molecule has 0 aliphatic heterocycles. The highest BCUT2D eigenvalue weighted by molar-refractivity contribution is 14.1. The number of halogens is 1. The number of hydrogen-bond acceptors (Lipinski definition) is 2. The molecule has 0 unspecified atom stereocenters. The second-order valence-electron chi connectivity index (χ2n) is 2.58. The van der Waals surface area contributed by atoms with E-state index in [4.69, 9.17) is 5.73 Å². The van der Waals surface area contributed by atoms with Gasteiger partial charge in [-0.05, 0) is 25.0 Å². The zero-order valence-corrected chi connectivity index (χ0v) is 8.77. The van der Waals surface area contributed by atoms with E-state index in [0.717, 1.165) is 16.9 Å². The monoisotopic (exact) mass is 262 g/mol. The zero-order chi connectivity index (χ0) is 8.43. The third-order valence-electron chi connectivity index (χ3n) is 1.77. The topological polar surface area (TPSA) is 38.0 Å². The SMILES string of the molecule is Cc1ccc(C)c(NI)c1N. The molecule has 0 amide bonds. The first-order valence-electron chi connectivity index (χ1n) is 3.39. The summed E-state index contributed by atoms with van der Waals surface area (Å²) in [5, 5.41) is 0. The van der Waals surface area contributed by atoms with Crippen molar-refractivity contribution in [3.8, 4) is 0 Å². The van der Waals surface area contributed by atoms with E-state index in [-0.39, 0.29) is 0 Å². The zero-order valence-electron chi connectivity index (χ0n) is 6.61. The van der Waals surface area contributed by atoms with E-state index in [9.17, 15) is 0 Å². The average Bonchev–Trinajstić information content (AvgIpc) is 1.99. The maximum atomic E-state index is 5.83. The van der Waals surface area contributed by atoms with Gasteiger partial charge in [0.1, 0.15) is 0 Å². The van der Waals surface area contributed by atoms with E-state index in [1.807, 2.05) is 19.9 Å². The van der Waals surface area contributed by atoms with Gasteiger partial charge in [0.2, 0.25) is 0 Å². The minimum Gasteiger partial charge on any atom is -0.397 e. The van der Waals surface area contributed by atoms with Gasteiger partial charge >= 0.3 is 0 Å². The molecule has 1 aromatic carbocycles. The van der Waals surface area contributed by atoms with Crippen LogP contribution in [0.2, 0.25) is 0 Å². The predicted molar refractivity (Wildman–Crippen MR) is 58.0 cm³/mol. The van der Waals surface area contributed by atoms with Crippen molar-refractivity contribution in [2.75, 3.05) is 9.26 Å². The third kappa shape index (κ3) is 1.58. The molecule has 0 aromatic heterocycles. The number of nitrogens with one attached hydrogen (secondary N) is 1. The van der Waals surface area contributed by atoms with Gasteiger partial charge in [-0.15, -0.1) is 0 Å². The number of nitrogen functional groups attached to an aromatic ring is 1. The summed E-state index contributed by atoms with van der Waals surface area (Å²) in [5.74, 6) is 0. The summed E-state index contributed by atoms with van der Waals surface area (Å²) in [6, 6.07) is 4.09. The van der Waals surface area contributed by atoms with Crippen LogP contribution in [0.15, 0.2) is 12.1 Å². The Balaban J connectivity index is 3.29. The smallest absolute Gasteiger partial charge is 0.0693 e. The molecule has 0 saturated carbocycles. The maximum absolute atomic E-state index is 5.83. The number of rotatable bonds is 1. The van der Waals surface area contributed by atoms with Crippen LogP contribution in [0.5, 0.6) is 0 Å². The molecule has 0 saturated heterocycles. The van der Waals surface area contributed by atoms with E-state index < -0.39 is 0 Å². The van der Waals surface area contributed by atoms with Crippen LogP contribution in [0.4, 0.5) is 11.4 Å². The number of nitrogens with two attached hydrogens (primary N) is 1. The lowest BCUT2D eigenvalue weighted by atomic mass is 10.1. The summed E-state index contributed by atoms with van der Waals surface area (Å²) >= 11 is 2.09. The molecule has 0 fully saturated rings. The fourth-order valence-corrected chi connectivity index (χ4v) is 1.67. The van der Waals surface area contributed by atoms with E-state index >= 15 is 0 Å². The molecule has 2 nitrogen and oxygen atoms in total. The highest BCUT2D eigenvalue weighted by Gasteiger charge is 2.02. The van der Waals surface area contributed by atoms with Crippen molar-refractivity contribution in [1.82, 2.24) is 0 Å². The van der Waals surface area contributed by atoms with Gasteiger partial charge in [0.25, 0.3) is 0 Å². The fraction of sp³-hybridized carbons (Fsp3) is 0.250. The van der Waals surface area contributed by atoms with Gasteiger partial charge in [-0.1, -0.05) is 12.1 Å². The molecule has 60 valence electrons. The van der Waals surface area contributed by atoms with Gasteiger partial charge in [-0.3, -0.25) is 0 Å². The van der Waals surface area contributed by atoms with Crippen LogP contribution in [0.25, 0.3) is 0 Å². The first-order chi connectivity index (χ1) is 5.16. The molecule has 3 N–H and O–H groups in total. The number of aryl methyl sites for hydroxylation is 2. The average molecular weight is 262 g/mol. The van der Waals surface area contributed by atoms with Crippen molar-refractivity contribution in [2.45, 2.75) is 13.8 Å². The first-order valence-corrected chi connectivity index (χ1v) is 4.47. The molecule has 1 rings (SSSR count). The number of benzene rings is 1. The minimum atomic E-state index is 0.847. The van der Waals surface area contributed by atoms with Crippen LogP contribution < -0.4 is 9.26 Å². The van der Waals surface area contributed by atoms with Crippen molar-refractivity contribution >= 4 is 34.2 Å². The summed E-state index contributed by atoms with van der Waals surface area (Å²) in [6.45, 7) is 4.04. The summed E-state index contributed by atoms with van der Waals surface area (Å²) in [6.07, 6.45) is 0. The van der Waals surface area contributed by atoms with Crippen molar-refractivity contribution in [3.05, 3.63) is 23.3 Å². The Morgan fingerprint density at radius 2 is 1.82 bits per heavy atom. The molecule has 0 atom stereocenters. The molecular weight excluding hydrogens is 251 g/mol. The molecule has 0 radical (unpaired) electrons. The van der Waals surface area contributed by atoms with Crippen molar-refractivity contribution in [2.24, 2.45) is 0 Å². The van der Waals surface area contributed by atoms with Crippen molar-refractivity contribution in [3.63, 3.8) is 0 Å². The van der Waals surface area contributed by atoms with Gasteiger partial charge < -0.3 is 9.26 Å². The number of anilines is 2. The summed E-state index contributed by atoms with van der Waals surface area (Å²) in [4.78, 5) is 0. The second-order valence-corrected chi connectivity index (χ2v) is 3.12. The van der Waals surface area contributed by atoms with Crippen LogP contribution >= 0.6 is 22.9 Å². The molecule has 3 heteroatoms. The van der Waals surface area contributed by atoms with E-state index in [0.29, 0.717) is 0 Å². The molecule has 11 heavy (non-hydrogen) atoms. The van der Waals surface area contributed by atoms with Crippen molar-refractivity contribution < 1.29 is 0 Å². The fourth-order valence-electron chi connectivity index (χ4n) is 0.958. The highest BCUT2D eigenvalue weighted by atomic mass is 127. The standard InChI is InChI=1S/C8H11IN2/c1-5-3-4-6(2)8(11-9)7(5)10/h3-4,11H,10H2,1-2H3. The van der Waals surface area contributed by atoms with E-state index in [1.165, 1.54) is 5.56 Å². The first kappa shape index (κ1) is 8.64. The van der Waals surface area contributed by atoms with Crippen LogP contribution in [0, 0.1) is 13.8 Å². The van der Waals surface area contributed by atoms with Crippen LogP contribution in [0.1, 0.15) is 11.1 Å². The van der Waals surface area contributed by atoms with Crippen molar-refractivity contribution in [1.29, 1.82) is 0 Å². The Labute approximate surface area is 80.7 Å². The number of hydrogen-bond donors (Lipinski definition) is 2.